The maximum Gasteiger partial charge on any atom is 0.255 e. The maximum absolute atomic E-state index is 12.3. The van der Waals surface area contributed by atoms with Crippen LogP contribution in [-0.2, 0) is 0 Å². The summed E-state index contributed by atoms with van der Waals surface area (Å²) in [7, 11) is 0. The Hall–Kier alpha value is -0.840. The molecule has 1 aromatic rings. The van der Waals surface area contributed by atoms with Crippen LogP contribution in [0.1, 0.15) is 23.7 Å². The van der Waals surface area contributed by atoms with Crippen LogP contribution in [0.15, 0.2) is 18.2 Å². The van der Waals surface area contributed by atoms with Crippen molar-refractivity contribution in [3.05, 3.63) is 33.8 Å². The fourth-order valence-corrected chi connectivity index (χ4v) is 2.09. The number of carbonyl (C=O) groups is 1. The quantitative estimate of drug-likeness (QED) is 0.850. The molecule has 0 fully saturated rings. The highest BCUT2D eigenvalue weighted by Gasteiger charge is 2.19. The number of carbonyl (C=O) groups excluding carboxylic acids is 1. The first-order valence-electron chi connectivity index (χ1n) is 5.49. The Morgan fingerprint density at radius 3 is 2.67 bits per heavy atom. The van der Waals surface area contributed by atoms with Crippen molar-refractivity contribution in [3.8, 4) is 0 Å². The molecule has 0 aliphatic carbocycles. The van der Waals surface area contributed by atoms with Crippen LogP contribution in [0.25, 0.3) is 0 Å². The smallest absolute Gasteiger partial charge is 0.255 e. The van der Waals surface area contributed by atoms with Gasteiger partial charge < -0.3 is 10.6 Å². The standard InChI is InChI=1S/C12H14Cl2N2OS/c1-2-6-16(7-10(15)18)12(17)8-4-3-5-9(13)11(8)14/h3-5H,2,6-7H2,1H3,(H2,15,18). The van der Waals surface area contributed by atoms with Gasteiger partial charge in [-0.15, -0.1) is 0 Å². The van der Waals surface area contributed by atoms with Gasteiger partial charge in [0.05, 0.1) is 27.1 Å². The lowest BCUT2D eigenvalue weighted by Crippen LogP contribution is -2.38. The molecule has 0 aliphatic heterocycles. The van der Waals surface area contributed by atoms with Crippen molar-refractivity contribution in [2.75, 3.05) is 13.1 Å². The summed E-state index contributed by atoms with van der Waals surface area (Å²) in [5.74, 6) is -0.211. The molecule has 1 amide bonds. The summed E-state index contributed by atoms with van der Waals surface area (Å²) in [5.41, 5.74) is 5.86. The fourth-order valence-electron chi connectivity index (χ4n) is 1.55. The van der Waals surface area contributed by atoms with Gasteiger partial charge >= 0.3 is 0 Å². The van der Waals surface area contributed by atoms with E-state index in [-0.39, 0.29) is 22.5 Å². The number of halogens is 2. The van der Waals surface area contributed by atoms with Gasteiger partial charge in [-0.3, -0.25) is 4.79 Å². The molecule has 0 spiro atoms. The van der Waals surface area contributed by atoms with E-state index in [1.807, 2.05) is 6.92 Å². The van der Waals surface area contributed by atoms with Crippen LogP contribution in [0.5, 0.6) is 0 Å². The molecule has 18 heavy (non-hydrogen) atoms. The molecule has 0 atom stereocenters. The van der Waals surface area contributed by atoms with Crippen LogP contribution in [-0.4, -0.2) is 28.9 Å². The van der Waals surface area contributed by atoms with Gasteiger partial charge in [0.2, 0.25) is 0 Å². The first-order chi connectivity index (χ1) is 8.47. The van der Waals surface area contributed by atoms with E-state index in [1.54, 1.807) is 23.1 Å². The zero-order valence-corrected chi connectivity index (χ0v) is 12.3. The number of amides is 1. The fraction of sp³-hybridized carbons (Fsp3) is 0.333. The topological polar surface area (TPSA) is 46.3 Å². The van der Waals surface area contributed by atoms with Crippen molar-refractivity contribution < 1.29 is 4.79 Å². The number of hydrogen-bond acceptors (Lipinski definition) is 2. The predicted octanol–water partition coefficient (Wildman–Crippen LogP) is 3.13. The molecule has 1 aromatic carbocycles. The maximum atomic E-state index is 12.3. The molecular formula is C12H14Cl2N2OS. The summed E-state index contributed by atoms with van der Waals surface area (Å²) in [6.45, 7) is 2.78. The lowest BCUT2D eigenvalue weighted by molar-refractivity contribution is 0.0780. The normalized spacial score (nSPS) is 10.2. The SMILES string of the molecule is CCCN(CC(N)=S)C(=O)c1cccc(Cl)c1Cl. The monoisotopic (exact) mass is 304 g/mol. The van der Waals surface area contributed by atoms with Crippen LogP contribution in [0.2, 0.25) is 10.0 Å². The number of nitrogens with two attached hydrogens (primary N) is 1. The molecule has 0 aliphatic rings. The number of thiocarbonyl (C=S) groups is 1. The lowest BCUT2D eigenvalue weighted by atomic mass is 10.2. The summed E-state index contributed by atoms with van der Waals surface area (Å²) in [6, 6.07) is 4.96. The zero-order chi connectivity index (χ0) is 13.7. The van der Waals surface area contributed by atoms with Crippen molar-refractivity contribution in [1.29, 1.82) is 0 Å². The number of hydrogen-bond donors (Lipinski definition) is 1. The molecule has 0 aromatic heterocycles. The molecule has 2 N–H and O–H groups in total. The Bertz CT molecular complexity index is 465. The second kappa shape index (κ2) is 6.92. The van der Waals surface area contributed by atoms with E-state index in [9.17, 15) is 4.79 Å². The molecule has 3 nitrogen and oxygen atoms in total. The molecule has 0 bridgehead atoms. The Balaban J connectivity index is 3.01. The number of benzene rings is 1. The van der Waals surface area contributed by atoms with Crippen molar-refractivity contribution >= 4 is 46.3 Å². The largest absolute Gasteiger partial charge is 0.392 e. The lowest BCUT2D eigenvalue weighted by Gasteiger charge is -2.22. The minimum absolute atomic E-state index is 0.211. The van der Waals surface area contributed by atoms with Crippen molar-refractivity contribution in [2.24, 2.45) is 5.73 Å². The Morgan fingerprint density at radius 2 is 2.11 bits per heavy atom. The summed E-state index contributed by atoms with van der Waals surface area (Å²) in [5, 5.41) is 0.613. The van der Waals surface area contributed by atoms with E-state index in [4.69, 9.17) is 41.2 Å². The van der Waals surface area contributed by atoms with E-state index in [0.717, 1.165) is 6.42 Å². The number of rotatable bonds is 5. The third-order valence-corrected chi connectivity index (χ3v) is 3.26. The van der Waals surface area contributed by atoms with Gasteiger partial charge in [0.15, 0.2) is 0 Å². The van der Waals surface area contributed by atoms with Gasteiger partial charge in [-0.05, 0) is 18.6 Å². The summed E-state index contributed by atoms with van der Waals surface area (Å²) in [6.07, 6.45) is 0.812. The average Bonchev–Trinajstić information content (AvgIpc) is 2.31. The highest BCUT2D eigenvalue weighted by atomic mass is 35.5. The first-order valence-corrected chi connectivity index (χ1v) is 6.65. The van der Waals surface area contributed by atoms with E-state index >= 15 is 0 Å². The van der Waals surface area contributed by atoms with Crippen LogP contribution >= 0.6 is 35.4 Å². The minimum atomic E-state index is -0.211. The molecule has 0 saturated carbocycles. The van der Waals surface area contributed by atoms with E-state index in [2.05, 4.69) is 0 Å². The molecule has 1 rings (SSSR count). The van der Waals surface area contributed by atoms with E-state index in [1.165, 1.54) is 0 Å². The average molecular weight is 305 g/mol. The van der Waals surface area contributed by atoms with Gasteiger partial charge in [-0.1, -0.05) is 48.4 Å². The summed E-state index contributed by atoms with van der Waals surface area (Å²) >= 11 is 16.8. The first kappa shape index (κ1) is 15.2. The van der Waals surface area contributed by atoms with E-state index < -0.39 is 0 Å². The van der Waals surface area contributed by atoms with Gasteiger partial charge in [-0.2, -0.15) is 0 Å². The Kier molecular flexibility index (Phi) is 5.85. The second-order valence-corrected chi connectivity index (χ2v) is 5.10. The van der Waals surface area contributed by atoms with Gasteiger partial charge in [0.25, 0.3) is 5.91 Å². The van der Waals surface area contributed by atoms with Crippen LogP contribution in [0.3, 0.4) is 0 Å². The molecule has 98 valence electrons. The molecule has 6 heteroatoms. The van der Waals surface area contributed by atoms with Crippen molar-refractivity contribution in [2.45, 2.75) is 13.3 Å². The third-order valence-electron chi connectivity index (χ3n) is 2.31. The highest BCUT2D eigenvalue weighted by Crippen LogP contribution is 2.26. The number of nitrogens with zero attached hydrogens (tertiary/aromatic N) is 1. The molecule has 0 heterocycles. The van der Waals surface area contributed by atoms with Crippen LogP contribution in [0.4, 0.5) is 0 Å². The van der Waals surface area contributed by atoms with E-state index in [0.29, 0.717) is 17.1 Å². The predicted molar refractivity (Wildman–Crippen MR) is 79.4 cm³/mol. The second-order valence-electron chi connectivity index (χ2n) is 3.79. The van der Waals surface area contributed by atoms with Crippen LogP contribution in [0, 0.1) is 0 Å². The highest BCUT2D eigenvalue weighted by molar-refractivity contribution is 7.80. The van der Waals surface area contributed by atoms with Crippen molar-refractivity contribution in [3.63, 3.8) is 0 Å². The summed E-state index contributed by atoms with van der Waals surface area (Å²) < 4.78 is 0. The zero-order valence-electron chi connectivity index (χ0n) is 9.95. The van der Waals surface area contributed by atoms with Crippen molar-refractivity contribution in [1.82, 2.24) is 4.90 Å². The third kappa shape index (κ3) is 3.83. The van der Waals surface area contributed by atoms with Gasteiger partial charge in [0, 0.05) is 6.54 Å². The Labute approximate surface area is 122 Å². The molecule has 0 radical (unpaired) electrons. The molecule has 0 unspecified atom stereocenters. The Morgan fingerprint density at radius 1 is 1.44 bits per heavy atom. The summed E-state index contributed by atoms with van der Waals surface area (Å²) in [4.78, 5) is 14.2. The van der Waals surface area contributed by atoms with Crippen LogP contribution < -0.4 is 5.73 Å². The van der Waals surface area contributed by atoms with Gasteiger partial charge in [-0.25, -0.2) is 0 Å². The molecular weight excluding hydrogens is 291 g/mol. The van der Waals surface area contributed by atoms with Gasteiger partial charge in [0.1, 0.15) is 0 Å². The molecule has 0 saturated heterocycles. The minimum Gasteiger partial charge on any atom is -0.392 e.